The van der Waals surface area contributed by atoms with Crippen molar-refractivity contribution in [2.45, 2.75) is 39.2 Å². The molecule has 49 heavy (non-hydrogen) atoms. The highest BCUT2D eigenvalue weighted by Crippen LogP contribution is 2.41. The third-order valence-electron chi connectivity index (χ3n) is 9.67. The number of aromatic nitrogens is 3. The number of hydrogen-bond donors (Lipinski definition) is 2. The van der Waals surface area contributed by atoms with Crippen LogP contribution in [0.4, 0.5) is 28.8 Å². The number of likely N-dealkylation sites (N-methyl/N-ethyl adjacent to an activating group) is 1. The standard InChI is InChI=1S/C37H48BrN8O2P/c1-7-26-20-32(34(48-4)22-33(26)46-14-12-28(13-15-46)45-18-16-44(3)17-19-45)42-37-40-24-29(38)36(43-37)41-31-11-9-27(21-35(31)49(5,6)47)30-10-8-25(2)23-39-30/h8-11,20-24,28H,7,12-19H2,1-6H3,(H2,40,41,42,43). The second-order valence-electron chi connectivity index (χ2n) is 13.5. The fourth-order valence-corrected chi connectivity index (χ4v) is 8.21. The van der Waals surface area contributed by atoms with E-state index in [4.69, 9.17) is 9.72 Å². The number of piperazine rings is 1. The molecule has 2 aliphatic heterocycles. The van der Waals surface area contributed by atoms with Crippen LogP contribution in [0.25, 0.3) is 11.3 Å². The van der Waals surface area contributed by atoms with Gasteiger partial charge in [0.1, 0.15) is 18.7 Å². The summed E-state index contributed by atoms with van der Waals surface area (Å²) in [7, 11) is 1.25. The summed E-state index contributed by atoms with van der Waals surface area (Å²) in [6.07, 6.45) is 6.80. The zero-order valence-electron chi connectivity index (χ0n) is 29.5. The van der Waals surface area contributed by atoms with E-state index in [2.05, 4.69) is 77.3 Å². The van der Waals surface area contributed by atoms with E-state index in [1.165, 1.54) is 37.2 Å². The van der Waals surface area contributed by atoms with Crippen LogP contribution in [0.1, 0.15) is 30.9 Å². The molecule has 0 atom stereocenters. The van der Waals surface area contributed by atoms with Crippen molar-refractivity contribution in [3.63, 3.8) is 0 Å². The summed E-state index contributed by atoms with van der Waals surface area (Å²) in [5.74, 6) is 1.72. The molecule has 2 aromatic heterocycles. The molecule has 0 bridgehead atoms. The number of rotatable bonds is 10. The molecule has 0 amide bonds. The quantitative estimate of drug-likeness (QED) is 0.163. The highest BCUT2D eigenvalue weighted by Gasteiger charge is 2.28. The van der Waals surface area contributed by atoms with Crippen LogP contribution in [-0.2, 0) is 11.0 Å². The maximum Gasteiger partial charge on any atom is 0.229 e. The summed E-state index contributed by atoms with van der Waals surface area (Å²) in [5, 5.41) is 7.56. The van der Waals surface area contributed by atoms with Crippen molar-refractivity contribution < 1.29 is 9.30 Å². The highest BCUT2D eigenvalue weighted by atomic mass is 79.9. The van der Waals surface area contributed by atoms with Crippen molar-refractivity contribution in [1.29, 1.82) is 0 Å². The fourth-order valence-electron chi connectivity index (χ4n) is 6.76. The van der Waals surface area contributed by atoms with E-state index < -0.39 is 7.14 Å². The normalized spacial score (nSPS) is 16.5. The average Bonchev–Trinajstić information content (AvgIpc) is 3.10. The van der Waals surface area contributed by atoms with E-state index in [0.717, 1.165) is 71.8 Å². The molecule has 2 saturated heterocycles. The molecule has 12 heteroatoms. The molecular weight excluding hydrogens is 699 g/mol. The van der Waals surface area contributed by atoms with Crippen molar-refractivity contribution >= 4 is 57.2 Å². The Morgan fingerprint density at radius 1 is 0.939 bits per heavy atom. The molecule has 4 aromatic rings. The number of anilines is 5. The molecule has 0 spiro atoms. The molecule has 2 aliphatic rings. The number of piperidine rings is 1. The van der Waals surface area contributed by atoms with Gasteiger partial charge >= 0.3 is 0 Å². The van der Waals surface area contributed by atoms with Crippen LogP contribution in [0.2, 0.25) is 0 Å². The van der Waals surface area contributed by atoms with Gasteiger partial charge < -0.3 is 29.7 Å². The minimum Gasteiger partial charge on any atom is -0.494 e. The van der Waals surface area contributed by atoms with E-state index in [1.54, 1.807) is 26.6 Å². The minimum atomic E-state index is -2.67. The van der Waals surface area contributed by atoms with Crippen molar-refractivity contribution in [3.05, 3.63) is 70.5 Å². The molecule has 6 rings (SSSR count). The summed E-state index contributed by atoms with van der Waals surface area (Å²) in [5.41, 5.74) is 6.87. The van der Waals surface area contributed by atoms with Crippen molar-refractivity contribution in [2.24, 2.45) is 0 Å². The lowest BCUT2D eigenvalue weighted by Gasteiger charge is -2.43. The molecule has 4 heterocycles. The zero-order chi connectivity index (χ0) is 34.7. The minimum absolute atomic E-state index is 0.421. The Kier molecular flexibility index (Phi) is 10.9. The Labute approximate surface area is 299 Å². The largest absolute Gasteiger partial charge is 0.494 e. The number of pyridine rings is 1. The second kappa shape index (κ2) is 15.2. The third kappa shape index (κ3) is 8.28. The summed E-state index contributed by atoms with van der Waals surface area (Å²) >= 11 is 3.61. The molecule has 2 aromatic carbocycles. The number of aryl methyl sites for hydroxylation is 2. The van der Waals surface area contributed by atoms with E-state index >= 15 is 0 Å². The maximum atomic E-state index is 13.5. The number of nitrogens with zero attached hydrogens (tertiary/aromatic N) is 6. The lowest BCUT2D eigenvalue weighted by molar-refractivity contribution is 0.0982. The van der Waals surface area contributed by atoms with Crippen LogP contribution in [-0.4, -0.2) is 97.5 Å². The van der Waals surface area contributed by atoms with Gasteiger partial charge in [0, 0.05) is 80.3 Å². The van der Waals surface area contributed by atoms with Gasteiger partial charge in [-0.3, -0.25) is 9.88 Å². The number of ether oxygens (including phenoxy) is 1. The van der Waals surface area contributed by atoms with Gasteiger partial charge in [-0.1, -0.05) is 19.1 Å². The first-order valence-electron chi connectivity index (χ1n) is 17.1. The smallest absolute Gasteiger partial charge is 0.229 e. The van der Waals surface area contributed by atoms with Gasteiger partial charge in [0.25, 0.3) is 0 Å². The van der Waals surface area contributed by atoms with Crippen molar-refractivity contribution in [3.8, 4) is 17.0 Å². The second-order valence-corrected chi connectivity index (χ2v) is 17.6. The molecule has 10 nitrogen and oxygen atoms in total. The van der Waals surface area contributed by atoms with E-state index in [9.17, 15) is 4.57 Å². The SMILES string of the molecule is CCc1cc(Nc2ncc(Br)c(Nc3ccc(-c4ccc(C)cn4)cc3P(C)(C)=O)n2)c(OC)cc1N1CCC(N2CCN(C)CC2)CC1. The summed E-state index contributed by atoms with van der Waals surface area (Å²) in [6.45, 7) is 14.5. The van der Waals surface area contributed by atoms with Gasteiger partial charge in [-0.05, 0) is 97.9 Å². The van der Waals surface area contributed by atoms with Crippen molar-refractivity contribution in [1.82, 2.24) is 24.8 Å². The first kappa shape index (κ1) is 35.3. The van der Waals surface area contributed by atoms with Crippen LogP contribution in [0.15, 0.2) is 59.3 Å². The van der Waals surface area contributed by atoms with Crippen molar-refractivity contribution in [2.75, 3.05) is 82.3 Å². The Morgan fingerprint density at radius 3 is 2.35 bits per heavy atom. The third-order valence-corrected chi connectivity index (χ3v) is 11.8. The lowest BCUT2D eigenvalue weighted by Crippen LogP contribution is -2.52. The van der Waals surface area contributed by atoms with Crippen LogP contribution in [0.3, 0.4) is 0 Å². The topological polar surface area (TPSA) is 98.7 Å². The van der Waals surface area contributed by atoms with Crippen LogP contribution < -0.4 is 25.6 Å². The molecule has 0 aliphatic carbocycles. The summed E-state index contributed by atoms with van der Waals surface area (Å²) in [6, 6.07) is 14.9. The Balaban J connectivity index is 1.21. The summed E-state index contributed by atoms with van der Waals surface area (Å²) in [4.78, 5) is 21.6. The van der Waals surface area contributed by atoms with E-state index in [-0.39, 0.29) is 0 Å². The Hall–Kier alpha value is -3.50. The van der Waals surface area contributed by atoms with Gasteiger partial charge in [0.05, 0.1) is 28.7 Å². The molecular formula is C37H48BrN8O2P. The molecule has 260 valence electrons. The van der Waals surface area contributed by atoms with Gasteiger partial charge in [0.15, 0.2) is 0 Å². The van der Waals surface area contributed by atoms with Crippen LogP contribution in [0.5, 0.6) is 5.75 Å². The van der Waals surface area contributed by atoms with Gasteiger partial charge in [-0.2, -0.15) is 4.98 Å². The number of nitrogens with one attached hydrogen (secondary N) is 2. The van der Waals surface area contributed by atoms with Gasteiger partial charge in [-0.15, -0.1) is 0 Å². The number of hydrogen-bond acceptors (Lipinski definition) is 10. The Morgan fingerprint density at radius 2 is 1.69 bits per heavy atom. The molecule has 2 N–H and O–H groups in total. The van der Waals surface area contributed by atoms with E-state index in [1.807, 2.05) is 43.5 Å². The fraction of sp³-hybridized carbons (Fsp3) is 0.432. The lowest BCUT2D eigenvalue weighted by atomic mass is 9.99. The predicted octanol–water partition coefficient (Wildman–Crippen LogP) is 7.13. The number of halogens is 1. The zero-order valence-corrected chi connectivity index (χ0v) is 31.9. The van der Waals surface area contributed by atoms with Gasteiger partial charge in [0.2, 0.25) is 5.95 Å². The maximum absolute atomic E-state index is 13.5. The van der Waals surface area contributed by atoms with Gasteiger partial charge in [-0.25, -0.2) is 4.98 Å². The first-order valence-corrected chi connectivity index (χ1v) is 20.5. The monoisotopic (exact) mass is 746 g/mol. The first-order chi connectivity index (χ1) is 23.5. The van der Waals surface area contributed by atoms with Crippen LogP contribution in [0, 0.1) is 6.92 Å². The molecule has 0 radical (unpaired) electrons. The number of methoxy groups -OCH3 is 1. The number of benzene rings is 2. The molecule has 0 unspecified atom stereocenters. The highest BCUT2D eigenvalue weighted by molar-refractivity contribution is 9.10. The molecule has 0 saturated carbocycles. The van der Waals surface area contributed by atoms with E-state index in [0.29, 0.717) is 22.3 Å². The summed E-state index contributed by atoms with van der Waals surface area (Å²) < 4.78 is 20.1. The average molecular weight is 748 g/mol. The molecule has 2 fully saturated rings. The predicted molar refractivity (Wildman–Crippen MR) is 206 cm³/mol. The van der Waals surface area contributed by atoms with Crippen LogP contribution >= 0.6 is 23.1 Å². The Bertz CT molecular complexity index is 1820.